The Bertz CT molecular complexity index is 945. The smallest absolute Gasteiger partial charge is 0.261 e. The molecule has 7 nitrogen and oxygen atoms in total. The predicted molar refractivity (Wildman–Crippen MR) is 118 cm³/mol. The second kappa shape index (κ2) is 9.16. The van der Waals surface area contributed by atoms with Crippen molar-refractivity contribution in [1.29, 1.82) is 0 Å². The highest BCUT2D eigenvalue weighted by atomic mass is 16.5. The summed E-state index contributed by atoms with van der Waals surface area (Å²) in [5.41, 5.74) is 1.09. The molecule has 2 aliphatic heterocycles. The molecule has 31 heavy (non-hydrogen) atoms. The number of carbonyl (C=O) groups is 3. The number of morpholine rings is 1. The molecule has 2 unspecified atom stereocenters. The molecular formula is C24H29N3O4. The van der Waals surface area contributed by atoms with Gasteiger partial charge in [-0.1, -0.05) is 24.3 Å². The Morgan fingerprint density at radius 2 is 1.61 bits per heavy atom. The van der Waals surface area contributed by atoms with Gasteiger partial charge in [0.15, 0.2) is 0 Å². The van der Waals surface area contributed by atoms with Gasteiger partial charge in [-0.25, -0.2) is 0 Å². The van der Waals surface area contributed by atoms with Crippen LogP contribution >= 0.6 is 0 Å². The minimum Gasteiger partial charge on any atom is -0.373 e. The standard InChI is InChI=1S/C24H29N3O4/c1-16-14-26(15-17(2)31-16)13-11-25-21(28)10-5-12-27-23(29)19-8-3-6-18-7-4-9-20(22(18)19)24(27)30/h3-4,6-9,16-17H,5,10-15H2,1-2H3,(H,25,28). The highest BCUT2D eigenvalue weighted by Gasteiger charge is 2.32. The molecule has 0 radical (unpaired) electrons. The number of hydrogen-bond donors (Lipinski definition) is 1. The normalized spacial score (nSPS) is 21.5. The lowest BCUT2D eigenvalue weighted by Crippen LogP contribution is -2.47. The molecule has 1 fully saturated rings. The number of hydrogen-bond acceptors (Lipinski definition) is 5. The maximum atomic E-state index is 12.9. The van der Waals surface area contributed by atoms with Crippen LogP contribution in [0.2, 0.25) is 0 Å². The average molecular weight is 424 g/mol. The molecule has 2 aromatic rings. The van der Waals surface area contributed by atoms with Gasteiger partial charge >= 0.3 is 0 Å². The number of nitrogens with zero attached hydrogens (tertiary/aromatic N) is 2. The first kappa shape index (κ1) is 21.5. The molecule has 0 spiro atoms. The molecule has 3 amide bonds. The molecule has 1 saturated heterocycles. The minimum absolute atomic E-state index is 0.0613. The molecule has 2 aliphatic rings. The van der Waals surface area contributed by atoms with E-state index in [1.807, 2.05) is 24.3 Å². The van der Waals surface area contributed by atoms with Crippen LogP contribution in [0.1, 0.15) is 47.4 Å². The lowest BCUT2D eigenvalue weighted by atomic mass is 9.94. The van der Waals surface area contributed by atoms with E-state index in [1.165, 1.54) is 4.90 Å². The van der Waals surface area contributed by atoms with E-state index in [0.29, 0.717) is 24.1 Å². The van der Waals surface area contributed by atoms with Crippen LogP contribution < -0.4 is 5.32 Å². The van der Waals surface area contributed by atoms with Gasteiger partial charge in [0, 0.05) is 55.7 Å². The number of nitrogens with one attached hydrogen (secondary N) is 1. The zero-order valence-electron chi connectivity index (χ0n) is 18.1. The van der Waals surface area contributed by atoms with Crippen LogP contribution in [0, 0.1) is 0 Å². The van der Waals surface area contributed by atoms with Crippen molar-refractivity contribution in [1.82, 2.24) is 15.1 Å². The van der Waals surface area contributed by atoms with E-state index in [2.05, 4.69) is 24.1 Å². The number of ether oxygens (including phenoxy) is 1. The summed E-state index contributed by atoms with van der Waals surface area (Å²) in [6.07, 6.45) is 1.12. The van der Waals surface area contributed by atoms with Crippen molar-refractivity contribution in [3.8, 4) is 0 Å². The highest BCUT2D eigenvalue weighted by Crippen LogP contribution is 2.30. The Morgan fingerprint density at radius 3 is 2.23 bits per heavy atom. The molecule has 4 rings (SSSR count). The van der Waals surface area contributed by atoms with E-state index in [1.54, 1.807) is 12.1 Å². The molecular weight excluding hydrogens is 394 g/mol. The largest absolute Gasteiger partial charge is 0.373 e. The zero-order valence-corrected chi connectivity index (χ0v) is 18.1. The molecule has 164 valence electrons. The summed E-state index contributed by atoms with van der Waals surface area (Å²) in [6.45, 7) is 7.45. The van der Waals surface area contributed by atoms with E-state index in [4.69, 9.17) is 4.74 Å². The SMILES string of the molecule is CC1CN(CCNC(=O)CCCN2C(=O)c3cccc4cccc(c34)C2=O)CC(C)O1. The van der Waals surface area contributed by atoms with Gasteiger partial charge in [0.2, 0.25) is 5.91 Å². The van der Waals surface area contributed by atoms with E-state index in [-0.39, 0.29) is 42.9 Å². The fourth-order valence-electron chi connectivity index (χ4n) is 4.59. The molecule has 2 heterocycles. The van der Waals surface area contributed by atoms with Crippen molar-refractivity contribution in [3.63, 3.8) is 0 Å². The van der Waals surface area contributed by atoms with E-state index < -0.39 is 0 Å². The summed E-state index contributed by atoms with van der Waals surface area (Å²) < 4.78 is 5.72. The Morgan fingerprint density at radius 1 is 1.00 bits per heavy atom. The third-order valence-electron chi connectivity index (χ3n) is 5.89. The second-order valence-electron chi connectivity index (χ2n) is 8.44. The van der Waals surface area contributed by atoms with Crippen LogP contribution in [0.5, 0.6) is 0 Å². The van der Waals surface area contributed by atoms with Gasteiger partial charge in [-0.05, 0) is 37.8 Å². The summed E-state index contributed by atoms with van der Waals surface area (Å²) in [7, 11) is 0. The van der Waals surface area contributed by atoms with Gasteiger partial charge in [-0.15, -0.1) is 0 Å². The Balaban J connectivity index is 1.27. The quantitative estimate of drug-likeness (QED) is 0.692. The number of carbonyl (C=O) groups excluding carboxylic acids is 3. The first-order valence-corrected chi connectivity index (χ1v) is 11.0. The molecule has 0 saturated carbocycles. The van der Waals surface area contributed by atoms with Crippen molar-refractivity contribution < 1.29 is 19.1 Å². The van der Waals surface area contributed by atoms with Gasteiger partial charge in [-0.3, -0.25) is 24.2 Å². The predicted octanol–water partition coefficient (Wildman–Crippen LogP) is 2.44. The van der Waals surface area contributed by atoms with Crippen molar-refractivity contribution >= 4 is 28.5 Å². The average Bonchev–Trinajstić information content (AvgIpc) is 2.73. The van der Waals surface area contributed by atoms with Crippen molar-refractivity contribution in [3.05, 3.63) is 47.5 Å². The van der Waals surface area contributed by atoms with Crippen LogP contribution in [0.3, 0.4) is 0 Å². The topological polar surface area (TPSA) is 79.0 Å². The number of amides is 3. The summed E-state index contributed by atoms with van der Waals surface area (Å²) in [5, 5.41) is 4.55. The Labute approximate surface area is 182 Å². The first-order valence-electron chi connectivity index (χ1n) is 11.0. The fraction of sp³-hybridized carbons (Fsp3) is 0.458. The lowest BCUT2D eigenvalue weighted by molar-refractivity contribution is -0.121. The van der Waals surface area contributed by atoms with Crippen molar-refractivity contribution in [2.45, 2.75) is 38.9 Å². The van der Waals surface area contributed by atoms with Crippen LogP contribution in [0.15, 0.2) is 36.4 Å². The van der Waals surface area contributed by atoms with Crippen molar-refractivity contribution in [2.75, 3.05) is 32.7 Å². The first-order chi connectivity index (χ1) is 14.9. The second-order valence-corrected chi connectivity index (χ2v) is 8.44. The summed E-state index contributed by atoms with van der Waals surface area (Å²) in [4.78, 5) is 41.5. The van der Waals surface area contributed by atoms with E-state index in [0.717, 1.165) is 30.4 Å². The molecule has 7 heteroatoms. The van der Waals surface area contributed by atoms with Crippen molar-refractivity contribution in [2.24, 2.45) is 0 Å². The van der Waals surface area contributed by atoms with Gasteiger partial charge in [-0.2, -0.15) is 0 Å². The van der Waals surface area contributed by atoms with Crippen LogP contribution in [-0.4, -0.2) is 72.5 Å². The molecule has 2 atom stereocenters. The van der Waals surface area contributed by atoms with Gasteiger partial charge < -0.3 is 10.1 Å². The number of rotatable bonds is 7. The molecule has 0 aliphatic carbocycles. The third-order valence-corrected chi connectivity index (χ3v) is 5.89. The third kappa shape index (κ3) is 4.62. The van der Waals surface area contributed by atoms with Crippen LogP contribution in [0.4, 0.5) is 0 Å². The van der Waals surface area contributed by atoms with Gasteiger partial charge in [0.05, 0.1) is 12.2 Å². The minimum atomic E-state index is -0.287. The maximum Gasteiger partial charge on any atom is 0.261 e. The maximum absolute atomic E-state index is 12.9. The van der Waals surface area contributed by atoms with Crippen LogP contribution in [0.25, 0.3) is 10.8 Å². The molecule has 0 aromatic heterocycles. The monoisotopic (exact) mass is 423 g/mol. The van der Waals surface area contributed by atoms with E-state index >= 15 is 0 Å². The molecule has 2 aromatic carbocycles. The summed E-state index contributed by atoms with van der Waals surface area (Å²) in [6, 6.07) is 11.0. The number of imide groups is 1. The Kier molecular flexibility index (Phi) is 6.34. The van der Waals surface area contributed by atoms with E-state index in [9.17, 15) is 14.4 Å². The zero-order chi connectivity index (χ0) is 22.0. The lowest BCUT2D eigenvalue weighted by Gasteiger charge is -2.35. The van der Waals surface area contributed by atoms with Gasteiger partial charge in [0.25, 0.3) is 11.8 Å². The summed E-state index contributed by atoms with van der Waals surface area (Å²) in [5.74, 6) is -0.635. The molecule has 0 bridgehead atoms. The molecule has 1 N–H and O–H groups in total. The number of benzene rings is 2. The van der Waals surface area contributed by atoms with Gasteiger partial charge in [0.1, 0.15) is 0 Å². The summed E-state index contributed by atoms with van der Waals surface area (Å²) >= 11 is 0. The van der Waals surface area contributed by atoms with Crippen LogP contribution in [-0.2, 0) is 9.53 Å². The highest BCUT2D eigenvalue weighted by molar-refractivity contribution is 6.25. The Hall–Kier alpha value is -2.77. The fourth-order valence-corrected chi connectivity index (χ4v) is 4.59.